The summed E-state index contributed by atoms with van der Waals surface area (Å²) in [5.41, 5.74) is 0. The number of aldehydes is 1. The van der Waals surface area contributed by atoms with E-state index in [4.69, 9.17) is 0 Å². The first-order chi connectivity index (χ1) is 5.50. The van der Waals surface area contributed by atoms with E-state index in [1.165, 1.54) is 4.90 Å². The number of amides is 1. The molecule has 0 aromatic heterocycles. The SMILES string of the molecule is CC(C)[C@H](CC=O)C(=O)N(C)C. The zero-order valence-electron chi connectivity index (χ0n) is 8.20. The number of rotatable bonds is 4. The number of carbonyl (C=O) groups excluding carboxylic acids is 2. The van der Waals surface area contributed by atoms with Gasteiger partial charge in [0.15, 0.2) is 0 Å². The molecule has 0 radical (unpaired) electrons. The molecule has 0 bridgehead atoms. The Bertz CT molecular complexity index is 164. The highest BCUT2D eigenvalue weighted by atomic mass is 16.2. The predicted molar refractivity (Wildman–Crippen MR) is 47.7 cm³/mol. The van der Waals surface area contributed by atoms with E-state index in [9.17, 15) is 9.59 Å². The van der Waals surface area contributed by atoms with Crippen LogP contribution in [-0.4, -0.2) is 31.2 Å². The van der Waals surface area contributed by atoms with Crippen molar-refractivity contribution in [2.24, 2.45) is 11.8 Å². The fourth-order valence-electron chi connectivity index (χ4n) is 1.09. The van der Waals surface area contributed by atoms with Gasteiger partial charge < -0.3 is 9.69 Å². The maximum atomic E-state index is 11.4. The summed E-state index contributed by atoms with van der Waals surface area (Å²) in [7, 11) is 3.42. The van der Waals surface area contributed by atoms with Crippen LogP contribution in [0.15, 0.2) is 0 Å². The quantitative estimate of drug-likeness (QED) is 0.590. The molecule has 0 aliphatic rings. The van der Waals surface area contributed by atoms with Crippen LogP contribution in [0.25, 0.3) is 0 Å². The molecule has 70 valence electrons. The molecule has 0 unspecified atom stereocenters. The van der Waals surface area contributed by atoms with Gasteiger partial charge in [-0.2, -0.15) is 0 Å². The van der Waals surface area contributed by atoms with Crippen molar-refractivity contribution in [3.63, 3.8) is 0 Å². The third-order valence-electron chi connectivity index (χ3n) is 1.91. The third-order valence-corrected chi connectivity index (χ3v) is 1.91. The van der Waals surface area contributed by atoms with E-state index in [-0.39, 0.29) is 17.7 Å². The Labute approximate surface area is 73.7 Å². The molecular weight excluding hydrogens is 154 g/mol. The van der Waals surface area contributed by atoms with Crippen molar-refractivity contribution in [1.29, 1.82) is 0 Å². The summed E-state index contributed by atoms with van der Waals surface area (Å²) in [5, 5.41) is 0. The van der Waals surface area contributed by atoms with Crippen molar-refractivity contribution in [1.82, 2.24) is 4.90 Å². The lowest BCUT2D eigenvalue weighted by Gasteiger charge is -2.21. The first kappa shape index (κ1) is 11.1. The zero-order valence-corrected chi connectivity index (χ0v) is 8.20. The third kappa shape index (κ3) is 3.03. The van der Waals surface area contributed by atoms with Gasteiger partial charge in [-0.25, -0.2) is 0 Å². The average molecular weight is 171 g/mol. The summed E-state index contributed by atoms with van der Waals surface area (Å²) in [5.74, 6) is 0.111. The molecule has 0 aliphatic carbocycles. The molecule has 0 aromatic carbocycles. The molecule has 1 atom stereocenters. The van der Waals surface area contributed by atoms with Crippen LogP contribution in [0.1, 0.15) is 20.3 Å². The van der Waals surface area contributed by atoms with Crippen LogP contribution in [0.5, 0.6) is 0 Å². The molecule has 12 heavy (non-hydrogen) atoms. The second-order valence-electron chi connectivity index (χ2n) is 3.49. The van der Waals surface area contributed by atoms with Crippen LogP contribution in [0.2, 0.25) is 0 Å². The van der Waals surface area contributed by atoms with Gasteiger partial charge in [0.2, 0.25) is 5.91 Å². The second kappa shape index (κ2) is 4.91. The molecule has 0 spiro atoms. The van der Waals surface area contributed by atoms with E-state index in [1.807, 2.05) is 13.8 Å². The van der Waals surface area contributed by atoms with Crippen LogP contribution in [0, 0.1) is 11.8 Å². The van der Waals surface area contributed by atoms with Crippen molar-refractivity contribution < 1.29 is 9.59 Å². The van der Waals surface area contributed by atoms with Gasteiger partial charge >= 0.3 is 0 Å². The Balaban J connectivity index is 4.29. The molecule has 0 fully saturated rings. The summed E-state index contributed by atoms with van der Waals surface area (Å²) < 4.78 is 0. The van der Waals surface area contributed by atoms with E-state index >= 15 is 0 Å². The van der Waals surface area contributed by atoms with E-state index in [0.29, 0.717) is 6.42 Å². The molecule has 1 amide bonds. The second-order valence-corrected chi connectivity index (χ2v) is 3.49. The van der Waals surface area contributed by atoms with Gasteiger partial charge in [0.1, 0.15) is 6.29 Å². The Morgan fingerprint density at radius 2 is 1.92 bits per heavy atom. The predicted octanol–water partition coefficient (Wildman–Crippen LogP) is 0.936. The largest absolute Gasteiger partial charge is 0.349 e. The van der Waals surface area contributed by atoms with E-state index in [0.717, 1.165) is 6.29 Å². The molecule has 0 saturated heterocycles. The first-order valence-electron chi connectivity index (χ1n) is 4.15. The minimum absolute atomic E-state index is 0.0390. The van der Waals surface area contributed by atoms with Gasteiger partial charge in [-0.15, -0.1) is 0 Å². The highest BCUT2D eigenvalue weighted by Gasteiger charge is 2.22. The van der Waals surface area contributed by atoms with Gasteiger partial charge in [-0.1, -0.05) is 13.8 Å². The molecule has 0 saturated carbocycles. The summed E-state index contributed by atoms with van der Waals surface area (Å²) in [6.45, 7) is 3.91. The Kier molecular flexibility index (Phi) is 4.55. The lowest BCUT2D eigenvalue weighted by molar-refractivity contribution is -0.135. The normalized spacial score (nSPS) is 12.8. The van der Waals surface area contributed by atoms with Crippen molar-refractivity contribution in [3.05, 3.63) is 0 Å². The topological polar surface area (TPSA) is 37.4 Å². The van der Waals surface area contributed by atoms with Crippen LogP contribution < -0.4 is 0 Å². The van der Waals surface area contributed by atoms with Crippen molar-refractivity contribution in [3.8, 4) is 0 Å². The Hall–Kier alpha value is -0.860. The molecular formula is C9H17NO2. The number of hydrogen-bond donors (Lipinski definition) is 0. The van der Waals surface area contributed by atoms with Crippen LogP contribution >= 0.6 is 0 Å². The summed E-state index contributed by atoms with van der Waals surface area (Å²) >= 11 is 0. The minimum atomic E-state index is -0.155. The molecule has 3 nitrogen and oxygen atoms in total. The number of hydrogen-bond acceptors (Lipinski definition) is 2. The van der Waals surface area contributed by atoms with Crippen LogP contribution in [0.3, 0.4) is 0 Å². The standard InChI is InChI=1S/C9H17NO2/c1-7(2)8(5-6-11)9(12)10(3)4/h6-8H,5H2,1-4H3/t8-/m0/s1. The lowest BCUT2D eigenvalue weighted by atomic mass is 9.92. The highest BCUT2D eigenvalue weighted by molar-refractivity contribution is 5.80. The Morgan fingerprint density at radius 3 is 2.17 bits per heavy atom. The van der Waals surface area contributed by atoms with Crippen molar-refractivity contribution >= 4 is 12.2 Å². The van der Waals surface area contributed by atoms with Gasteiger partial charge in [0, 0.05) is 26.4 Å². The van der Waals surface area contributed by atoms with Gasteiger partial charge in [0.25, 0.3) is 0 Å². The lowest BCUT2D eigenvalue weighted by Crippen LogP contribution is -2.32. The minimum Gasteiger partial charge on any atom is -0.349 e. The molecule has 0 N–H and O–H groups in total. The molecule has 0 aromatic rings. The fourth-order valence-corrected chi connectivity index (χ4v) is 1.09. The maximum absolute atomic E-state index is 11.4. The van der Waals surface area contributed by atoms with Crippen molar-refractivity contribution in [2.75, 3.05) is 14.1 Å². The highest BCUT2D eigenvalue weighted by Crippen LogP contribution is 2.15. The molecule has 0 heterocycles. The van der Waals surface area contributed by atoms with Crippen molar-refractivity contribution in [2.45, 2.75) is 20.3 Å². The van der Waals surface area contributed by atoms with Crippen LogP contribution in [0.4, 0.5) is 0 Å². The van der Waals surface area contributed by atoms with Gasteiger partial charge in [0.05, 0.1) is 0 Å². The van der Waals surface area contributed by atoms with Gasteiger partial charge in [-0.05, 0) is 5.92 Å². The maximum Gasteiger partial charge on any atom is 0.225 e. The first-order valence-corrected chi connectivity index (χ1v) is 4.15. The molecule has 0 rings (SSSR count). The van der Waals surface area contributed by atoms with E-state index in [1.54, 1.807) is 14.1 Å². The van der Waals surface area contributed by atoms with E-state index < -0.39 is 0 Å². The van der Waals surface area contributed by atoms with Gasteiger partial charge in [-0.3, -0.25) is 4.79 Å². The zero-order chi connectivity index (χ0) is 9.72. The summed E-state index contributed by atoms with van der Waals surface area (Å²) in [6, 6.07) is 0. The van der Waals surface area contributed by atoms with E-state index in [2.05, 4.69) is 0 Å². The fraction of sp³-hybridized carbons (Fsp3) is 0.778. The number of carbonyl (C=O) groups is 2. The Morgan fingerprint density at radius 1 is 1.42 bits per heavy atom. The summed E-state index contributed by atoms with van der Waals surface area (Å²) in [4.78, 5) is 23.3. The monoisotopic (exact) mass is 171 g/mol. The average Bonchev–Trinajstić information content (AvgIpc) is 1.98. The molecule has 0 aliphatic heterocycles. The summed E-state index contributed by atoms with van der Waals surface area (Å²) in [6.07, 6.45) is 1.14. The smallest absolute Gasteiger partial charge is 0.225 e. The molecule has 3 heteroatoms. The number of nitrogens with zero attached hydrogens (tertiary/aromatic N) is 1. The van der Waals surface area contributed by atoms with Crippen LogP contribution in [-0.2, 0) is 9.59 Å².